The van der Waals surface area contributed by atoms with Gasteiger partial charge in [0.2, 0.25) is 0 Å². The van der Waals surface area contributed by atoms with Gasteiger partial charge in [-0.15, -0.1) is 0 Å². The number of aromatic nitrogens is 1. The van der Waals surface area contributed by atoms with Gasteiger partial charge in [0.1, 0.15) is 18.1 Å². The Bertz CT molecular complexity index is 761. The highest BCUT2D eigenvalue weighted by Crippen LogP contribution is 2.25. The predicted octanol–water partition coefficient (Wildman–Crippen LogP) is 3.00. The average molecular weight is 358 g/mol. The minimum absolute atomic E-state index is 0.0945. The molecule has 0 aliphatic heterocycles. The minimum Gasteiger partial charge on any atom is -0.496 e. The summed E-state index contributed by atoms with van der Waals surface area (Å²) in [5, 5.41) is 0. The van der Waals surface area contributed by atoms with Crippen molar-refractivity contribution in [3.05, 3.63) is 52.8 Å². The smallest absolute Gasteiger partial charge is 0.254 e. The van der Waals surface area contributed by atoms with Gasteiger partial charge in [0.15, 0.2) is 0 Å². The molecule has 0 bridgehead atoms. The highest BCUT2D eigenvalue weighted by Gasteiger charge is 2.16. The van der Waals surface area contributed by atoms with E-state index in [4.69, 9.17) is 14.2 Å². The number of carbonyl (C=O) groups is 1. The largest absolute Gasteiger partial charge is 0.496 e. The topological polar surface area (TPSA) is 60.9 Å². The second-order valence-corrected chi connectivity index (χ2v) is 6.08. The third-order valence-electron chi connectivity index (χ3n) is 4.12. The van der Waals surface area contributed by atoms with Crippen LogP contribution in [0.2, 0.25) is 0 Å². The Morgan fingerprint density at radius 2 is 1.96 bits per heavy atom. The summed E-state index contributed by atoms with van der Waals surface area (Å²) in [6.45, 7) is 5.24. The molecule has 1 amide bonds. The van der Waals surface area contributed by atoms with Crippen LogP contribution in [0.15, 0.2) is 30.5 Å². The van der Waals surface area contributed by atoms with Crippen LogP contribution in [0.25, 0.3) is 0 Å². The van der Waals surface area contributed by atoms with E-state index in [1.54, 1.807) is 44.5 Å². The lowest BCUT2D eigenvalue weighted by Crippen LogP contribution is -2.27. The second-order valence-electron chi connectivity index (χ2n) is 6.08. The van der Waals surface area contributed by atoms with E-state index in [9.17, 15) is 4.79 Å². The second kappa shape index (κ2) is 9.20. The van der Waals surface area contributed by atoms with Crippen LogP contribution in [0.4, 0.5) is 0 Å². The highest BCUT2D eigenvalue weighted by atomic mass is 16.5. The molecule has 0 saturated heterocycles. The molecule has 2 aromatic rings. The van der Waals surface area contributed by atoms with Crippen LogP contribution in [0.1, 0.15) is 27.2 Å². The fraction of sp³-hybridized carbons (Fsp3) is 0.400. The van der Waals surface area contributed by atoms with Crippen LogP contribution >= 0.6 is 0 Å². The number of methoxy groups -OCH3 is 2. The molecule has 6 nitrogen and oxygen atoms in total. The number of aryl methyl sites for hydroxylation is 1. The number of hydrogen-bond donors (Lipinski definition) is 0. The number of amides is 1. The molecule has 0 saturated carbocycles. The molecule has 1 aromatic heterocycles. The zero-order chi connectivity index (χ0) is 19.1. The van der Waals surface area contributed by atoms with Crippen LogP contribution in [-0.4, -0.2) is 50.3 Å². The van der Waals surface area contributed by atoms with E-state index in [2.05, 4.69) is 4.98 Å². The molecule has 6 heteroatoms. The van der Waals surface area contributed by atoms with Crippen molar-refractivity contribution in [1.29, 1.82) is 0 Å². The number of rotatable bonds is 8. The quantitative estimate of drug-likeness (QED) is 0.679. The number of carbonyl (C=O) groups excluding carboxylic acids is 1. The fourth-order valence-electron chi connectivity index (χ4n) is 2.71. The van der Waals surface area contributed by atoms with Crippen LogP contribution in [0, 0.1) is 13.8 Å². The van der Waals surface area contributed by atoms with E-state index in [1.165, 1.54) is 0 Å². The van der Waals surface area contributed by atoms with E-state index in [-0.39, 0.29) is 5.91 Å². The number of hydrogen-bond acceptors (Lipinski definition) is 5. The van der Waals surface area contributed by atoms with Gasteiger partial charge in [-0.3, -0.25) is 9.78 Å². The monoisotopic (exact) mass is 358 g/mol. The van der Waals surface area contributed by atoms with Gasteiger partial charge in [-0.1, -0.05) is 6.07 Å². The number of pyridine rings is 1. The molecule has 1 heterocycles. The Labute approximate surface area is 154 Å². The van der Waals surface area contributed by atoms with Crippen LogP contribution in [-0.2, 0) is 11.3 Å². The summed E-state index contributed by atoms with van der Waals surface area (Å²) in [6, 6.07) is 7.15. The van der Waals surface area contributed by atoms with Crippen molar-refractivity contribution in [1.82, 2.24) is 9.88 Å². The Morgan fingerprint density at radius 3 is 2.65 bits per heavy atom. The van der Waals surface area contributed by atoms with Crippen molar-refractivity contribution in [2.45, 2.75) is 20.4 Å². The van der Waals surface area contributed by atoms with E-state index < -0.39 is 0 Å². The van der Waals surface area contributed by atoms with E-state index in [1.807, 2.05) is 26.0 Å². The average Bonchev–Trinajstić information content (AvgIpc) is 2.64. The Hall–Kier alpha value is -2.60. The molecular formula is C20H26N2O4. The summed E-state index contributed by atoms with van der Waals surface area (Å²) in [5.41, 5.74) is 3.31. The lowest BCUT2D eigenvalue weighted by atomic mass is 10.1. The van der Waals surface area contributed by atoms with Gasteiger partial charge in [0, 0.05) is 37.0 Å². The van der Waals surface area contributed by atoms with Crippen LogP contribution < -0.4 is 9.47 Å². The first-order chi connectivity index (χ1) is 12.5. The predicted molar refractivity (Wildman–Crippen MR) is 99.9 cm³/mol. The lowest BCUT2D eigenvalue weighted by Gasteiger charge is -2.20. The zero-order valence-electron chi connectivity index (χ0n) is 16.0. The number of benzene rings is 1. The van der Waals surface area contributed by atoms with Crippen LogP contribution in [0.3, 0.4) is 0 Å². The maximum absolute atomic E-state index is 12.8. The summed E-state index contributed by atoms with van der Waals surface area (Å²) >= 11 is 0. The van der Waals surface area contributed by atoms with Gasteiger partial charge in [-0.2, -0.15) is 0 Å². The molecule has 0 fully saturated rings. The van der Waals surface area contributed by atoms with E-state index in [0.717, 1.165) is 22.6 Å². The third-order valence-corrected chi connectivity index (χ3v) is 4.12. The van der Waals surface area contributed by atoms with Crippen molar-refractivity contribution < 1.29 is 19.0 Å². The molecule has 2 rings (SSSR count). The molecule has 0 N–H and O–H groups in total. The van der Waals surface area contributed by atoms with Gasteiger partial charge in [-0.05, 0) is 32.0 Å². The first-order valence-corrected chi connectivity index (χ1v) is 8.44. The molecule has 0 aliphatic rings. The SMILES string of the molecule is COCCOc1cccc(C(=O)N(C)Cc2ncc(C)c(OC)c2C)c1. The molecule has 0 aliphatic carbocycles. The molecule has 26 heavy (non-hydrogen) atoms. The Kier molecular flexibility index (Phi) is 6.97. The first kappa shape index (κ1) is 19.7. The van der Waals surface area contributed by atoms with Gasteiger partial charge in [0.05, 0.1) is 26.0 Å². The van der Waals surface area contributed by atoms with Crippen molar-refractivity contribution in [3.8, 4) is 11.5 Å². The molecular weight excluding hydrogens is 332 g/mol. The summed E-state index contributed by atoms with van der Waals surface area (Å²) < 4.78 is 16.0. The highest BCUT2D eigenvalue weighted by molar-refractivity contribution is 5.94. The van der Waals surface area contributed by atoms with Gasteiger partial charge in [-0.25, -0.2) is 0 Å². The molecule has 0 spiro atoms. The number of ether oxygens (including phenoxy) is 3. The van der Waals surface area contributed by atoms with Crippen molar-refractivity contribution >= 4 is 5.91 Å². The van der Waals surface area contributed by atoms with Crippen molar-refractivity contribution in [3.63, 3.8) is 0 Å². The molecule has 0 unspecified atom stereocenters. The van der Waals surface area contributed by atoms with Gasteiger partial charge >= 0.3 is 0 Å². The van der Waals surface area contributed by atoms with Crippen molar-refractivity contribution in [2.75, 3.05) is 34.5 Å². The maximum Gasteiger partial charge on any atom is 0.254 e. The summed E-state index contributed by atoms with van der Waals surface area (Å²) in [4.78, 5) is 18.8. The lowest BCUT2D eigenvalue weighted by molar-refractivity contribution is 0.0782. The van der Waals surface area contributed by atoms with Gasteiger partial charge in [0.25, 0.3) is 5.91 Å². The molecule has 140 valence electrons. The third kappa shape index (κ3) is 4.73. The van der Waals surface area contributed by atoms with E-state index >= 15 is 0 Å². The summed E-state index contributed by atoms with van der Waals surface area (Å²) in [5.74, 6) is 1.36. The van der Waals surface area contributed by atoms with E-state index in [0.29, 0.717) is 31.1 Å². The maximum atomic E-state index is 12.8. The Balaban J connectivity index is 2.12. The minimum atomic E-state index is -0.0945. The Morgan fingerprint density at radius 1 is 1.19 bits per heavy atom. The van der Waals surface area contributed by atoms with Crippen molar-refractivity contribution in [2.24, 2.45) is 0 Å². The molecule has 1 aromatic carbocycles. The standard InChI is InChI=1S/C20H26N2O4/c1-14-12-21-18(15(2)19(14)25-5)13-22(3)20(23)16-7-6-8-17(11-16)26-10-9-24-4/h6-8,11-12H,9-10,13H2,1-5H3. The molecule has 0 radical (unpaired) electrons. The number of nitrogens with zero attached hydrogens (tertiary/aromatic N) is 2. The fourth-order valence-corrected chi connectivity index (χ4v) is 2.71. The first-order valence-electron chi connectivity index (χ1n) is 8.44. The summed E-state index contributed by atoms with van der Waals surface area (Å²) in [6.07, 6.45) is 1.77. The molecule has 0 atom stereocenters. The van der Waals surface area contributed by atoms with Crippen LogP contribution in [0.5, 0.6) is 11.5 Å². The summed E-state index contributed by atoms with van der Waals surface area (Å²) in [7, 11) is 5.02. The normalized spacial score (nSPS) is 10.5. The zero-order valence-corrected chi connectivity index (χ0v) is 16.0. The van der Waals surface area contributed by atoms with Gasteiger partial charge < -0.3 is 19.1 Å².